The Morgan fingerprint density at radius 3 is 1.98 bits per heavy atom. The third-order valence-corrected chi connectivity index (χ3v) is 9.32. The maximum absolute atomic E-state index is 6.24. The summed E-state index contributed by atoms with van der Waals surface area (Å²) in [7, 11) is 0. The minimum absolute atomic E-state index is 0.899. The molecule has 1 aliphatic rings. The third-order valence-electron chi connectivity index (χ3n) is 9.32. The number of fused-ring (bicyclic) bond motifs is 12. The van der Waals surface area contributed by atoms with Crippen LogP contribution in [0.3, 0.4) is 0 Å². The van der Waals surface area contributed by atoms with Crippen LogP contribution in [0.2, 0.25) is 0 Å². The molecule has 0 saturated carbocycles. The number of rotatable bonds is 2. The van der Waals surface area contributed by atoms with Gasteiger partial charge in [0.2, 0.25) is 0 Å². The Morgan fingerprint density at radius 1 is 0.400 bits per heavy atom. The van der Waals surface area contributed by atoms with Crippen molar-refractivity contribution >= 4 is 60.8 Å². The molecular formula is C42H26N2O. The van der Waals surface area contributed by atoms with Gasteiger partial charge in [-0.15, -0.1) is 0 Å². The van der Waals surface area contributed by atoms with Crippen LogP contribution >= 0.6 is 0 Å². The molecule has 3 heteroatoms. The van der Waals surface area contributed by atoms with Gasteiger partial charge in [0.15, 0.2) is 0 Å². The van der Waals surface area contributed by atoms with Crippen molar-refractivity contribution in [3.63, 3.8) is 0 Å². The maximum atomic E-state index is 6.24. The third kappa shape index (κ3) is 3.41. The normalized spacial score (nSPS) is 12.4. The van der Waals surface area contributed by atoms with Crippen LogP contribution in [0.15, 0.2) is 162 Å². The number of para-hydroxylation sites is 4. The monoisotopic (exact) mass is 574 g/mol. The summed E-state index contributed by atoms with van der Waals surface area (Å²) in [5.41, 5.74) is 13.6. The summed E-state index contributed by atoms with van der Waals surface area (Å²) in [6, 6.07) is 56.7. The van der Waals surface area contributed by atoms with E-state index in [4.69, 9.17) is 4.42 Å². The summed E-state index contributed by atoms with van der Waals surface area (Å²) >= 11 is 0. The predicted molar refractivity (Wildman–Crippen MR) is 187 cm³/mol. The van der Waals surface area contributed by atoms with Crippen LogP contribution in [0.1, 0.15) is 0 Å². The molecule has 10 rings (SSSR count). The van der Waals surface area contributed by atoms with E-state index >= 15 is 0 Å². The predicted octanol–water partition coefficient (Wildman–Crippen LogP) is 11.8. The maximum Gasteiger partial charge on any atom is 0.135 e. The number of hydrogen-bond acceptors (Lipinski definition) is 2. The summed E-state index contributed by atoms with van der Waals surface area (Å²) in [5.74, 6) is 0. The second-order valence-electron chi connectivity index (χ2n) is 11.7. The topological polar surface area (TPSA) is 21.3 Å². The summed E-state index contributed by atoms with van der Waals surface area (Å²) in [4.78, 5) is 2.43. The van der Waals surface area contributed by atoms with Gasteiger partial charge in [-0.25, -0.2) is 0 Å². The number of anilines is 3. The van der Waals surface area contributed by atoms with Crippen LogP contribution in [0, 0.1) is 0 Å². The quantitative estimate of drug-likeness (QED) is 0.205. The van der Waals surface area contributed by atoms with E-state index in [9.17, 15) is 0 Å². The fourth-order valence-corrected chi connectivity index (χ4v) is 7.44. The summed E-state index contributed by atoms with van der Waals surface area (Å²) < 4.78 is 8.70. The molecule has 2 aromatic heterocycles. The second-order valence-corrected chi connectivity index (χ2v) is 11.7. The first-order chi connectivity index (χ1) is 22.3. The van der Waals surface area contributed by atoms with Gasteiger partial charge in [0, 0.05) is 44.0 Å². The Kier molecular flexibility index (Phi) is 5.00. The Hall–Kier alpha value is -6.06. The van der Waals surface area contributed by atoms with Gasteiger partial charge in [-0.05, 0) is 65.7 Å². The first-order valence-electron chi connectivity index (χ1n) is 15.4. The van der Waals surface area contributed by atoms with Gasteiger partial charge >= 0.3 is 0 Å². The molecule has 1 aliphatic heterocycles. The van der Waals surface area contributed by atoms with Crippen molar-refractivity contribution in [2.24, 2.45) is 0 Å². The first-order valence-corrected chi connectivity index (χ1v) is 15.4. The molecule has 0 N–H and O–H groups in total. The number of furan rings is 1. The van der Waals surface area contributed by atoms with Crippen LogP contribution in [0.25, 0.3) is 71.7 Å². The van der Waals surface area contributed by atoms with Gasteiger partial charge in [0.1, 0.15) is 11.2 Å². The largest absolute Gasteiger partial charge is 0.456 e. The molecule has 7 aromatic carbocycles. The highest BCUT2D eigenvalue weighted by Crippen LogP contribution is 2.54. The zero-order valence-electron chi connectivity index (χ0n) is 24.3. The highest BCUT2D eigenvalue weighted by molar-refractivity contribution is 6.19. The number of nitrogens with zero attached hydrogens (tertiary/aromatic N) is 2. The van der Waals surface area contributed by atoms with E-state index in [-0.39, 0.29) is 0 Å². The molecule has 9 aromatic rings. The molecule has 45 heavy (non-hydrogen) atoms. The molecule has 210 valence electrons. The fraction of sp³-hybridized carbons (Fsp3) is 0. The SMILES string of the molecule is c1ccc(N2c3ccccc3-c3ccccc3-c3c2ccc2c4ccccc4n(-c4ccc5oc6ccccc6c5c4)c32)cc1. The average molecular weight is 575 g/mol. The van der Waals surface area contributed by atoms with Crippen molar-refractivity contribution in [1.29, 1.82) is 0 Å². The van der Waals surface area contributed by atoms with Gasteiger partial charge in [-0.2, -0.15) is 0 Å². The van der Waals surface area contributed by atoms with E-state index < -0.39 is 0 Å². The van der Waals surface area contributed by atoms with E-state index in [1.165, 1.54) is 49.7 Å². The van der Waals surface area contributed by atoms with Crippen molar-refractivity contribution in [1.82, 2.24) is 4.57 Å². The smallest absolute Gasteiger partial charge is 0.135 e. The van der Waals surface area contributed by atoms with E-state index in [1.807, 2.05) is 12.1 Å². The molecule has 0 aliphatic carbocycles. The lowest BCUT2D eigenvalue weighted by atomic mass is 9.93. The fourth-order valence-electron chi connectivity index (χ4n) is 7.44. The zero-order valence-corrected chi connectivity index (χ0v) is 24.3. The zero-order chi connectivity index (χ0) is 29.5. The standard InChI is InChI=1S/C42H26N2O/c1-2-12-27(13-3-1)43-36-19-9-6-15-30(36)29-14-4-5-18-33(29)41-38(43)24-23-34-31-16-7-10-20-37(31)44(42(34)41)28-22-25-40-35(26-28)32-17-8-11-21-39(32)45-40/h1-26H. The van der Waals surface area contributed by atoms with Gasteiger partial charge in [-0.1, -0.05) is 103 Å². The lowest BCUT2D eigenvalue weighted by Gasteiger charge is -2.27. The van der Waals surface area contributed by atoms with Crippen molar-refractivity contribution in [2.45, 2.75) is 0 Å². The molecule has 3 nitrogen and oxygen atoms in total. The van der Waals surface area contributed by atoms with Crippen molar-refractivity contribution in [3.8, 4) is 27.9 Å². The van der Waals surface area contributed by atoms with Crippen LogP contribution in [-0.2, 0) is 0 Å². The molecule has 0 atom stereocenters. The lowest BCUT2D eigenvalue weighted by molar-refractivity contribution is 0.669. The first kappa shape index (κ1) is 24.4. The molecule has 0 radical (unpaired) electrons. The van der Waals surface area contributed by atoms with Crippen LogP contribution < -0.4 is 4.90 Å². The van der Waals surface area contributed by atoms with Gasteiger partial charge in [0.25, 0.3) is 0 Å². The van der Waals surface area contributed by atoms with E-state index in [1.54, 1.807) is 0 Å². The Labute approximate surface area is 259 Å². The molecule has 0 amide bonds. The molecule has 0 unspecified atom stereocenters. The lowest BCUT2D eigenvalue weighted by Crippen LogP contribution is -2.11. The summed E-state index contributed by atoms with van der Waals surface area (Å²) in [5, 5.41) is 4.72. The van der Waals surface area contributed by atoms with Gasteiger partial charge in [-0.3, -0.25) is 0 Å². The van der Waals surface area contributed by atoms with Gasteiger partial charge < -0.3 is 13.9 Å². The molecule has 0 bridgehead atoms. The Morgan fingerprint density at radius 2 is 1.09 bits per heavy atom. The van der Waals surface area contributed by atoms with Crippen molar-refractivity contribution in [2.75, 3.05) is 4.90 Å². The number of hydrogen-bond donors (Lipinski definition) is 0. The minimum Gasteiger partial charge on any atom is -0.456 e. The minimum atomic E-state index is 0.899. The average Bonchev–Trinajstić information content (AvgIpc) is 3.60. The van der Waals surface area contributed by atoms with E-state index in [0.29, 0.717) is 0 Å². The molecular weight excluding hydrogens is 548 g/mol. The summed E-state index contributed by atoms with van der Waals surface area (Å²) in [6.07, 6.45) is 0. The Bertz CT molecular complexity index is 2610. The van der Waals surface area contributed by atoms with Crippen LogP contribution in [0.5, 0.6) is 0 Å². The van der Waals surface area contributed by atoms with Crippen LogP contribution in [0.4, 0.5) is 17.1 Å². The highest BCUT2D eigenvalue weighted by atomic mass is 16.3. The molecule has 0 saturated heterocycles. The summed E-state index contributed by atoms with van der Waals surface area (Å²) in [6.45, 7) is 0. The second kappa shape index (κ2) is 9.22. The van der Waals surface area contributed by atoms with Gasteiger partial charge in [0.05, 0.1) is 22.4 Å². The van der Waals surface area contributed by atoms with E-state index in [2.05, 4.69) is 155 Å². The van der Waals surface area contributed by atoms with Crippen molar-refractivity contribution in [3.05, 3.63) is 158 Å². The Balaban J connectivity index is 1.40. The van der Waals surface area contributed by atoms with Crippen LogP contribution in [-0.4, -0.2) is 4.57 Å². The van der Waals surface area contributed by atoms with Crippen molar-refractivity contribution < 1.29 is 4.42 Å². The molecule has 0 spiro atoms. The van der Waals surface area contributed by atoms with E-state index in [0.717, 1.165) is 39.0 Å². The highest BCUT2D eigenvalue weighted by Gasteiger charge is 2.29. The molecule has 3 heterocycles. The number of aromatic nitrogens is 1. The number of benzene rings is 7. The molecule has 0 fully saturated rings.